The Kier molecular flexibility index (Phi) is 5.46. The van der Waals surface area contributed by atoms with Crippen LogP contribution in [0.2, 0.25) is 0 Å². The lowest BCUT2D eigenvalue weighted by Crippen LogP contribution is -2.39. The topological polar surface area (TPSA) is 46.3 Å². The van der Waals surface area contributed by atoms with Crippen LogP contribution in [0.15, 0.2) is 48.5 Å². The molecular weight excluding hydrogens is 399 g/mol. The van der Waals surface area contributed by atoms with E-state index < -0.39 is 0 Å². The Balaban J connectivity index is 1.72. The van der Waals surface area contributed by atoms with Gasteiger partial charge in [-0.25, -0.2) is 0 Å². The number of halogens is 1. The highest BCUT2D eigenvalue weighted by Gasteiger charge is 2.17. The molecule has 0 aromatic heterocycles. The normalized spacial score (nSPS) is 16.4. The number of hydrogen-bond donors (Lipinski definition) is 1. The highest BCUT2D eigenvalue weighted by molar-refractivity contribution is 14.1. The van der Waals surface area contributed by atoms with E-state index in [9.17, 15) is 4.79 Å². The van der Waals surface area contributed by atoms with Crippen LogP contribution < -0.4 is 5.73 Å². The van der Waals surface area contributed by atoms with Gasteiger partial charge in [0.05, 0.1) is 0 Å². The Hall–Kier alpha value is -1.24. The lowest BCUT2D eigenvalue weighted by atomic mass is 10.0. The van der Waals surface area contributed by atoms with Crippen LogP contribution in [-0.4, -0.2) is 29.8 Å². The minimum Gasteiger partial charge on any atom is -0.328 e. The molecule has 4 heteroatoms. The molecule has 3 nitrogen and oxygen atoms in total. The summed E-state index contributed by atoms with van der Waals surface area (Å²) in [5, 5.41) is 0. The first kappa shape index (κ1) is 16.6. The molecule has 0 amide bonds. The average Bonchev–Trinajstić information content (AvgIpc) is 2.57. The number of benzene rings is 2. The Morgan fingerprint density at radius 1 is 1.13 bits per heavy atom. The Labute approximate surface area is 151 Å². The van der Waals surface area contributed by atoms with E-state index in [0.717, 1.165) is 47.2 Å². The minimum atomic E-state index is 0.0884. The standard InChI is InChI=1S/C19H21IN2O/c20-18-12-14(13-22-10-8-16(21)9-11-22)6-7-17(18)19(23)15-4-2-1-3-5-15/h1-7,12,16H,8-11,13,21H2. The van der Waals surface area contributed by atoms with Crippen molar-refractivity contribution in [2.24, 2.45) is 5.73 Å². The van der Waals surface area contributed by atoms with Gasteiger partial charge in [0.1, 0.15) is 0 Å². The lowest BCUT2D eigenvalue weighted by Gasteiger charge is -2.30. The molecule has 1 aliphatic heterocycles. The van der Waals surface area contributed by atoms with Gasteiger partial charge < -0.3 is 5.73 Å². The predicted molar refractivity (Wildman–Crippen MR) is 102 cm³/mol. The maximum Gasteiger partial charge on any atom is 0.194 e. The highest BCUT2D eigenvalue weighted by atomic mass is 127. The maximum absolute atomic E-state index is 12.6. The van der Waals surface area contributed by atoms with Gasteiger partial charge in [-0.2, -0.15) is 0 Å². The summed E-state index contributed by atoms with van der Waals surface area (Å²) < 4.78 is 1.02. The number of carbonyl (C=O) groups is 1. The summed E-state index contributed by atoms with van der Waals surface area (Å²) in [6, 6.07) is 16.0. The van der Waals surface area contributed by atoms with Gasteiger partial charge in [0.2, 0.25) is 0 Å². The van der Waals surface area contributed by atoms with E-state index in [1.807, 2.05) is 36.4 Å². The van der Waals surface area contributed by atoms with Crippen molar-refractivity contribution < 1.29 is 4.79 Å². The quantitative estimate of drug-likeness (QED) is 0.609. The number of nitrogens with zero attached hydrogens (tertiary/aromatic N) is 1. The third-order valence-corrected chi connectivity index (χ3v) is 5.25. The van der Waals surface area contributed by atoms with Crippen LogP contribution in [0, 0.1) is 3.57 Å². The van der Waals surface area contributed by atoms with Crippen molar-refractivity contribution in [3.63, 3.8) is 0 Å². The highest BCUT2D eigenvalue weighted by Crippen LogP contribution is 2.20. The second-order valence-corrected chi connectivity index (χ2v) is 7.29. The molecule has 2 N–H and O–H groups in total. The van der Waals surface area contributed by atoms with Crippen LogP contribution in [0.3, 0.4) is 0 Å². The monoisotopic (exact) mass is 420 g/mol. The second kappa shape index (κ2) is 7.55. The zero-order chi connectivity index (χ0) is 16.2. The Morgan fingerprint density at radius 3 is 2.48 bits per heavy atom. The van der Waals surface area contributed by atoms with Crippen LogP contribution >= 0.6 is 22.6 Å². The molecule has 23 heavy (non-hydrogen) atoms. The zero-order valence-corrected chi connectivity index (χ0v) is 15.2. The summed E-state index contributed by atoms with van der Waals surface area (Å²) in [6.45, 7) is 3.05. The van der Waals surface area contributed by atoms with Crippen LogP contribution in [0.1, 0.15) is 34.3 Å². The van der Waals surface area contributed by atoms with Gasteiger partial charge >= 0.3 is 0 Å². The number of ketones is 1. The van der Waals surface area contributed by atoms with Gasteiger partial charge in [-0.3, -0.25) is 9.69 Å². The number of rotatable bonds is 4. The molecule has 1 fully saturated rings. The fourth-order valence-electron chi connectivity index (χ4n) is 2.96. The first-order valence-corrected chi connectivity index (χ1v) is 9.07. The fourth-order valence-corrected chi connectivity index (χ4v) is 3.78. The molecule has 2 aromatic carbocycles. The largest absolute Gasteiger partial charge is 0.328 e. The van der Waals surface area contributed by atoms with Gasteiger partial charge in [0.15, 0.2) is 5.78 Å². The van der Waals surface area contributed by atoms with Gasteiger partial charge in [-0.15, -0.1) is 0 Å². The van der Waals surface area contributed by atoms with E-state index in [-0.39, 0.29) is 5.78 Å². The van der Waals surface area contributed by atoms with Gasteiger partial charge in [-0.1, -0.05) is 36.4 Å². The van der Waals surface area contributed by atoms with E-state index in [4.69, 9.17) is 5.73 Å². The van der Waals surface area contributed by atoms with E-state index in [1.165, 1.54) is 5.56 Å². The summed E-state index contributed by atoms with van der Waals surface area (Å²) in [7, 11) is 0. The number of nitrogens with two attached hydrogens (primary N) is 1. The molecule has 1 saturated heterocycles. The van der Waals surface area contributed by atoms with E-state index in [2.05, 4.69) is 39.6 Å². The van der Waals surface area contributed by atoms with Crippen molar-refractivity contribution in [2.75, 3.05) is 13.1 Å². The van der Waals surface area contributed by atoms with Crippen molar-refractivity contribution >= 4 is 28.4 Å². The molecule has 0 unspecified atom stereocenters. The first-order valence-electron chi connectivity index (χ1n) is 7.99. The maximum atomic E-state index is 12.6. The molecule has 2 aromatic rings. The minimum absolute atomic E-state index is 0.0884. The van der Waals surface area contributed by atoms with Gasteiger partial charge in [0.25, 0.3) is 0 Å². The molecule has 3 rings (SSSR count). The summed E-state index contributed by atoms with van der Waals surface area (Å²) in [5.74, 6) is 0.0884. The molecule has 0 radical (unpaired) electrons. The third-order valence-electron chi connectivity index (χ3n) is 4.35. The van der Waals surface area contributed by atoms with Crippen LogP contribution in [0.4, 0.5) is 0 Å². The Morgan fingerprint density at radius 2 is 1.83 bits per heavy atom. The average molecular weight is 420 g/mol. The smallest absolute Gasteiger partial charge is 0.194 e. The number of hydrogen-bond acceptors (Lipinski definition) is 3. The van der Waals surface area contributed by atoms with E-state index in [1.54, 1.807) is 0 Å². The van der Waals surface area contributed by atoms with Crippen LogP contribution in [0.25, 0.3) is 0 Å². The molecule has 1 aliphatic rings. The molecule has 120 valence electrons. The SMILES string of the molecule is NC1CCN(Cc2ccc(C(=O)c3ccccc3)c(I)c2)CC1. The van der Waals surface area contributed by atoms with Gasteiger partial charge in [0, 0.05) is 27.3 Å². The van der Waals surface area contributed by atoms with E-state index in [0.29, 0.717) is 6.04 Å². The first-order chi connectivity index (χ1) is 11.1. The van der Waals surface area contributed by atoms with Crippen molar-refractivity contribution in [3.05, 3.63) is 68.8 Å². The van der Waals surface area contributed by atoms with Gasteiger partial charge in [-0.05, 0) is 66.2 Å². The number of carbonyl (C=O) groups excluding carboxylic acids is 1. The van der Waals surface area contributed by atoms with Crippen molar-refractivity contribution in [1.82, 2.24) is 4.90 Å². The third kappa shape index (κ3) is 4.19. The Bertz CT molecular complexity index is 679. The molecule has 0 saturated carbocycles. The molecule has 0 spiro atoms. The molecule has 1 heterocycles. The summed E-state index contributed by atoms with van der Waals surface area (Å²) in [6.07, 6.45) is 2.14. The zero-order valence-electron chi connectivity index (χ0n) is 13.0. The summed E-state index contributed by atoms with van der Waals surface area (Å²) >= 11 is 2.27. The fraction of sp³-hybridized carbons (Fsp3) is 0.316. The predicted octanol–water partition coefficient (Wildman–Crippen LogP) is 3.45. The lowest BCUT2D eigenvalue weighted by molar-refractivity contribution is 0.103. The van der Waals surface area contributed by atoms with Crippen molar-refractivity contribution in [2.45, 2.75) is 25.4 Å². The number of likely N-dealkylation sites (tertiary alicyclic amines) is 1. The van der Waals surface area contributed by atoms with Crippen molar-refractivity contribution in [3.8, 4) is 0 Å². The number of piperidine rings is 1. The molecular formula is C19H21IN2O. The summed E-state index contributed by atoms with van der Waals surface area (Å²) in [4.78, 5) is 15.0. The van der Waals surface area contributed by atoms with Crippen LogP contribution in [-0.2, 0) is 6.54 Å². The molecule has 0 atom stereocenters. The summed E-state index contributed by atoms with van der Waals surface area (Å²) in [5.41, 5.74) is 8.73. The molecule has 0 aliphatic carbocycles. The van der Waals surface area contributed by atoms with E-state index >= 15 is 0 Å². The second-order valence-electron chi connectivity index (χ2n) is 6.12. The van der Waals surface area contributed by atoms with Crippen LogP contribution in [0.5, 0.6) is 0 Å². The van der Waals surface area contributed by atoms with Crippen molar-refractivity contribution in [1.29, 1.82) is 0 Å². The molecule has 0 bridgehead atoms.